The zero-order valence-electron chi connectivity index (χ0n) is 43.9. The molecule has 0 aromatic heterocycles. The monoisotopic (exact) mass is 1140 g/mol. The minimum Gasteiger partial charge on any atom is -0.464 e. The summed E-state index contributed by atoms with van der Waals surface area (Å²) in [7, 11) is -19.6. The number of hydrogen-bond acceptors (Lipinski definition) is 22. The molecule has 5 rings (SSSR count). The quantitative estimate of drug-likeness (QED) is 0.0196. The lowest BCUT2D eigenvalue weighted by molar-refractivity contribution is -0.151. The standard InChI is InChI=1S/C38H69N2O26P5/c1-39-35(42)19-55-20-36(43)61-18-25(17-41)5-3-4-11-40-38(54-2)37-30(10-16-60-37)66-71(52,53)24-34-29(9-15-59-34)65-70(50,51)23-33-28(8-14-58-33)64-69(48,49)22-32-27(7-13-57-32)63-68(46,47)21-31-26(6-12-56-31)62-67(44)45/h25-34,37-38,40-41H,3-24H2,1-2H3,(H5-,39,42,44,45,46,47,48,49,50,51,52,53)/p+1/i12T,13T,14T,15T,16T. The predicted octanol–water partition coefficient (Wildman–Crippen LogP) is 0.895. The Morgan fingerprint density at radius 2 is 1.13 bits per heavy atom. The second-order valence-electron chi connectivity index (χ2n) is 17.1. The van der Waals surface area contributed by atoms with Gasteiger partial charge in [0.15, 0.2) is 0 Å². The summed E-state index contributed by atoms with van der Waals surface area (Å²) >= 11 is 0. The average molecular weight is 1140 g/mol. The fourth-order valence-corrected chi connectivity index (χ4v) is 14.4. The number of amides is 1. The van der Waals surface area contributed by atoms with E-state index in [1.807, 2.05) is 0 Å². The van der Waals surface area contributed by atoms with E-state index in [4.69, 9.17) is 72.3 Å². The molecule has 0 saturated carbocycles. The molecule has 0 aliphatic carbocycles. The van der Waals surface area contributed by atoms with E-state index in [1.54, 1.807) is 0 Å². The van der Waals surface area contributed by atoms with Crippen LogP contribution in [-0.2, 0) is 92.9 Å². The lowest BCUT2D eigenvalue weighted by atomic mass is 10.0. The third-order valence-electron chi connectivity index (χ3n) is 11.5. The Balaban J connectivity index is 1.10. The van der Waals surface area contributed by atoms with Crippen molar-refractivity contribution in [2.24, 2.45) is 5.92 Å². The Bertz CT molecular complexity index is 2110. The first-order chi connectivity index (χ1) is 35.6. The van der Waals surface area contributed by atoms with Crippen LogP contribution in [0.5, 0.6) is 0 Å². The Labute approximate surface area is 419 Å². The number of nitrogens with one attached hydrogen (secondary N) is 2. The minimum atomic E-state index is -4.90. The van der Waals surface area contributed by atoms with E-state index in [9.17, 15) is 57.1 Å². The third-order valence-corrected chi connectivity index (χ3v) is 17.6. The predicted molar refractivity (Wildman–Crippen MR) is 244 cm³/mol. The SMILES string of the molecule is [3H]C1CC(O[P+](=O)O)C(CP(=O)(O)OC2CC([3H])OC2CP(=O)(O)OC2CC([3H])OC2CP(=O)(O)OC2CC([3H])OC2CP(=O)(O)OC2CC([3H])OC2C(NCCCCC(CO)COC(=O)COCC(=O)NC)OC)O1. The van der Waals surface area contributed by atoms with Gasteiger partial charge >= 0.3 is 44.6 Å². The van der Waals surface area contributed by atoms with E-state index in [2.05, 4.69) is 10.6 Å². The highest BCUT2D eigenvalue weighted by Crippen LogP contribution is 2.55. The number of aliphatic hydroxyl groups is 1. The van der Waals surface area contributed by atoms with E-state index >= 15 is 0 Å². The van der Waals surface area contributed by atoms with Crippen LogP contribution in [-0.4, -0.2) is 213 Å². The molecule has 22 atom stereocenters. The first-order valence-electron chi connectivity index (χ1n) is 25.5. The van der Waals surface area contributed by atoms with Crippen LogP contribution in [0.25, 0.3) is 0 Å². The molecule has 5 heterocycles. The first kappa shape index (κ1) is 53.6. The number of carbonyl (C=O) groups is 2. The van der Waals surface area contributed by atoms with Gasteiger partial charge in [0, 0.05) is 96.3 Å². The molecule has 33 heteroatoms. The molecule has 28 nitrogen and oxygen atoms in total. The van der Waals surface area contributed by atoms with E-state index in [0.29, 0.717) is 25.8 Å². The Morgan fingerprint density at radius 3 is 1.58 bits per heavy atom. The summed E-state index contributed by atoms with van der Waals surface area (Å²) < 4.78 is 175. The van der Waals surface area contributed by atoms with Crippen LogP contribution in [0.3, 0.4) is 0 Å². The average Bonchev–Trinajstić information content (AvgIpc) is 4.10. The van der Waals surface area contributed by atoms with Gasteiger partial charge in [-0.25, -0.2) is 4.79 Å². The molecular formula is C38H70N2O26P5+. The van der Waals surface area contributed by atoms with Crippen LogP contribution in [0.4, 0.5) is 0 Å². The molecule has 412 valence electrons. The van der Waals surface area contributed by atoms with Gasteiger partial charge in [-0.2, -0.15) is 0 Å². The summed E-state index contributed by atoms with van der Waals surface area (Å²) in [5.41, 5.74) is 0. The van der Waals surface area contributed by atoms with Crippen molar-refractivity contribution in [2.75, 3.05) is 105 Å². The zero-order chi connectivity index (χ0) is 56.2. The summed E-state index contributed by atoms with van der Waals surface area (Å²) in [6.45, 7) is -7.40. The largest absolute Gasteiger partial charge is 0.695 e. The molecule has 5 saturated heterocycles. The fraction of sp³-hybridized carbons (Fsp3) is 0.947. The van der Waals surface area contributed by atoms with E-state index in [0.717, 1.165) is 0 Å². The molecule has 0 aromatic rings. The number of ether oxygens (including phenoxy) is 8. The van der Waals surface area contributed by atoms with E-state index in [1.165, 1.54) is 14.2 Å². The summed E-state index contributed by atoms with van der Waals surface area (Å²) in [6.07, 6.45) is -18.0. The molecule has 0 radical (unpaired) electrons. The van der Waals surface area contributed by atoms with Crippen LogP contribution in [0.1, 0.15) is 58.2 Å². The third kappa shape index (κ3) is 20.9. The molecule has 22 unspecified atom stereocenters. The van der Waals surface area contributed by atoms with Gasteiger partial charge in [0.1, 0.15) is 37.8 Å². The van der Waals surface area contributed by atoms with Gasteiger partial charge in [-0.05, 0) is 19.4 Å². The summed E-state index contributed by atoms with van der Waals surface area (Å²) in [5.74, 6) is -1.49. The fourth-order valence-electron chi connectivity index (χ4n) is 7.95. The highest BCUT2D eigenvalue weighted by molar-refractivity contribution is 7.54. The smallest absolute Gasteiger partial charge is 0.464 e. The zero-order valence-corrected chi connectivity index (χ0v) is 43.4. The summed E-state index contributed by atoms with van der Waals surface area (Å²) in [6, 6.07) is 0. The molecule has 0 bridgehead atoms. The topological polar surface area (TPSA) is 385 Å². The molecule has 5 fully saturated rings. The van der Waals surface area contributed by atoms with Crippen molar-refractivity contribution in [3.8, 4) is 0 Å². The van der Waals surface area contributed by atoms with E-state index in [-0.39, 0.29) is 57.8 Å². The van der Waals surface area contributed by atoms with Crippen molar-refractivity contribution in [1.29, 1.82) is 0 Å². The summed E-state index contributed by atoms with van der Waals surface area (Å²) in [4.78, 5) is 76.2. The molecule has 5 aliphatic heterocycles. The number of likely N-dealkylation sites (N-methyl/N-ethyl adjacent to an activating group) is 1. The lowest BCUT2D eigenvalue weighted by Gasteiger charge is -2.30. The molecule has 8 N–H and O–H groups in total. The second kappa shape index (κ2) is 29.1. The maximum Gasteiger partial charge on any atom is 0.695 e. The number of methoxy groups -OCH3 is 1. The molecule has 5 aliphatic rings. The number of rotatable bonds is 33. The number of carbonyl (C=O) groups excluding carboxylic acids is 2. The van der Waals surface area contributed by atoms with Crippen molar-refractivity contribution < 1.29 is 129 Å². The van der Waals surface area contributed by atoms with Gasteiger partial charge in [0.25, 0.3) is 0 Å². The number of hydrogen-bond donors (Lipinski definition) is 8. The molecule has 71 heavy (non-hydrogen) atoms. The van der Waals surface area contributed by atoms with Crippen LogP contribution >= 0.6 is 38.6 Å². The highest BCUT2D eigenvalue weighted by atomic mass is 31.2. The Morgan fingerprint density at radius 1 is 0.690 bits per heavy atom. The van der Waals surface area contributed by atoms with E-state index < -0.39 is 182 Å². The van der Waals surface area contributed by atoms with Gasteiger partial charge in [0.2, 0.25) is 5.91 Å². The van der Waals surface area contributed by atoms with Crippen LogP contribution in [0.2, 0.25) is 0 Å². The minimum absolute atomic E-state index is 0.0765. The number of aliphatic hydroxyl groups excluding tert-OH is 1. The lowest BCUT2D eigenvalue weighted by Crippen LogP contribution is -2.47. The van der Waals surface area contributed by atoms with Crippen LogP contribution in [0.15, 0.2) is 0 Å². The maximum atomic E-state index is 13.7. The van der Waals surface area contributed by atoms with Crippen molar-refractivity contribution in [3.05, 3.63) is 0 Å². The Hall–Kier alpha value is -0.800. The van der Waals surface area contributed by atoms with Gasteiger partial charge < -0.3 is 86.0 Å². The second-order valence-corrected chi connectivity index (χ2v) is 25.1. The molecule has 0 aromatic carbocycles. The van der Waals surface area contributed by atoms with Crippen molar-refractivity contribution in [1.82, 2.24) is 10.6 Å². The van der Waals surface area contributed by atoms with Crippen molar-refractivity contribution >= 4 is 50.5 Å². The molecule has 0 spiro atoms. The molecule has 1 amide bonds. The van der Waals surface area contributed by atoms with Crippen molar-refractivity contribution in [3.63, 3.8) is 0 Å². The van der Waals surface area contributed by atoms with Gasteiger partial charge in [0.05, 0.1) is 80.8 Å². The van der Waals surface area contributed by atoms with Gasteiger partial charge in [-0.1, -0.05) is 6.42 Å². The van der Waals surface area contributed by atoms with Gasteiger partial charge in [-0.15, -0.1) is 9.42 Å². The summed E-state index contributed by atoms with van der Waals surface area (Å²) in [5, 5.41) is 15.2. The first-order valence-corrected chi connectivity index (χ1v) is 30.8. The van der Waals surface area contributed by atoms with Crippen molar-refractivity contribution in [2.45, 2.75) is 119 Å². The normalized spacial score (nSPS) is 38.6. The van der Waals surface area contributed by atoms with Crippen LogP contribution in [0, 0.1) is 5.92 Å². The maximum absolute atomic E-state index is 13.7. The highest BCUT2D eigenvalue weighted by Gasteiger charge is 2.48. The van der Waals surface area contributed by atoms with Crippen LogP contribution < -0.4 is 10.6 Å². The molecular weight excluding hydrogens is 1060 g/mol. The number of esters is 1. The number of unbranched alkanes of at least 4 members (excludes halogenated alkanes) is 1. The Kier molecular flexibility index (Phi) is 22.0. The van der Waals surface area contributed by atoms with Gasteiger partial charge in [-0.3, -0.25) is 28.4 Å².